The molecule has 5 rings (SSSR count). The first-order valence-electron chi connectivity index (χ1n) is 14.5. The van der Waals surface area contributed by atoms with Gasteiger partial charge in [0.15, 0.2) is 11.4 Å². The van der Waals surface area contributed by atoms with Gasteiger partial charge in [-0.05, 0) is 68.1 Å². The van der Waals surface area contributed by atoms with E-state index < -0.39 is 34.5 Å². The largest absolute Gasteiger partial charge is 0.514 e. The maximum absolute atomic E-state index is 14.3. The van der Waals surface area contributed by atoms with Gasteiger partial charge in [-0.2, -0.15) is 13.8 Å². The topological polar surface area (TPSA) is 146 Å². The van der Waals surface area contributed by atoms with Crippen LogP contribution in [0.2, 0.25) is 5.02 Å². The molecule has 4 aliphatic rings. The third-order valence-corrected chi connectivity index (χ3v) is 10.8. The summed E-state index contributed by atoms with van der Waals surface area (Å²) in [4.78, 5) is 29.3. The van der Waals surface area contributed by atoms with Crippen LogP contribution in [0.4, 0.5) is 0 Å². The number of likely N-dealkylation sites (tertiary alicyclic amines) is 1. The van der Waals surface area contributed by atoms with Crippen LogP contribution in [0.15, 0.2) is 28.7 Å². The lowest BCUT2D eigenvalue weighted by Crippen LogP contribution is -2.67. The molecule has 5 N–H and O–H groups in total. The third kappa shape index (κ3) is 3.92. The van der Waals surface area contributed by atoms with E-state index in [9.17, 15) is 25.2 Å². The number of aromatic hydroxyl groups is 1. The number of carbonyl (C=O) groups is 2. The summed E-state index contributed by atoms with van der Waals surface area (Å²) in [7, 11) is 2.80. The molecule has 42 heavy (non-hydrogen) atoms. The van der Waals surface area contributed by atoms with E-state index in [0.29, 0.717) is 42.1 Å². The van der Waals surface area contributed by atoms with Crippen molar-refractivity contribution in [1.82, 2.24) is 4.90 Å². The van der Waals surface area contributed by atoms with Crippen LogP contribution in [-0.2, 0) is 27.2 Å². The second-order valence-electron chi connectivity index (χ2n) is 12.9. The Morgan fingerprint density at radius 3 is 2.38 bits per heavy atom. The molecule has 0 saturated carbocycles. The smallest absolute Gasteiger partial charge is 0.253 e. The van der Waals surface area contributed by atoms with Gasteiger partial charge in [0.25, 0.3) is 5.91 Å². The fourth-order valence-electron chi connectivity index (χ4n) is 8.62. The van der Waals surface area contributed by atoms with Gasteiger partial charge in [-0.3, -0.25) is 14.5 Å². The summed E-state index contributed by atoms with van der Waals surface area (Å²) in [6.45, 7) is 10.5. The van der Waals surface area contributed by atoms with Gasteiger partial charge in [0.2, 0.25) is 0 Å². The van der Waals surface area contributed by atoms with Gasteiger partial charge in [-0.25, -0.2) is 0 Å². The molecule has 3 aliphatic carbocycles. The van der Waals surface area contributed by atoms with Gasteiger partial charge in [-0.1, -0.05) is 24.4 Å². The van der Waals surface area contributed by atoms with Crippen molar-refractivity contribution < 1.29 is 29.3 Å². The number of nitrogens with one attached hydrogen (secondary N) is 1. The molecule has 1 fully saturated rings. The van der Waals surface area contributed by atoms with E-state index in [-0.39, 0.29) is 39.7 Å². The average Bonchev–Trinajstić information content (AvgIpc) is 3.21. The number of nitrogens with zero attached hydrogens (tertiary/aromatic N) is 1. The molecule has 1 aromatic carbocycles. The fourth-order valence-corrected chi connectivity index (χ4v) is 8.91. The lowest BCUT2D eigenvalue weighted by Gasteiger charge is -2.63. The van der Waals surface area contributed by atoms with Crippen molar-refractivity contribution >= 4 is 29.0 Å². The SMILES string of the molecule is COC1=C2C(=O)c3c(O)cc(CN4C(C)CCC4C)c(Cl)c3CC2CC2(C)C([C-](C)C)C(O)=C(C(N)=O)C(=N)C12OC. The van der Waals surface area contributed by atoms with Crippen LogP contribution in [0.3, 0.4) is 0 Å². The number of primary amides is 1. The van der Waals surface area contributed by atoms with Crippen LogP contribution in [-0.4, -0.2) is 64.4 Å². The lowest BCUT2D eigenvalue weighted by atomic mass is 9.47. The van der Waals surface area contributed by atoms with Gasteiger partial charge in [0.05, 0.1) is 29.7 Å². The number of aliphatic hydroxyl groups excluding tert-OH is 1. The maximum atomic E-state index is 14.3. The van der Waals surface area contributed by atoms with Crippen LogP contribution < -0.4 is 5.73 Å². The van der Waals surface area contributed by atoms with Crippen molar-refractivity contribution in [3.63, 3.8) is 0 Å². The molecule has 1 saturated heterocycles. The molecule has 0 spiro atoms. The summed E-state index contributed by atoms with van der Waals surface area (Å²) in [6, 6.07) is 2.35. The second kappa shape index (κ2) is 10.4. The summed E-state index contributed by atoms with van der Waals surface area (Å²) in [5, 5.41) is 32.3. The van der Waals surface area contributed by atoms with Gasteiger partial charge < -0.3 is 36.7 Å². The summed E-state index contributed by atoms with van der Waals surface area (Å²) < 4.78 is 12.1. The van der Waals surface area contributed by atoms with Crippen LogP contribution in [0, 0.1) is 28.6 Å². The van der Waals surface area contributed by atoms with E-state index in [2.05, 4.69) is 18.7 Å². The van der Waals surface area contributed by atoms with Crippen molar-refractivity contribution in [2.75, 3.05) is 14.2 Å². The molecule has 1 heterocycles. The summed E-state index contributed by atoms with van der Waals surface area (Å²) in [5.41, 5.74) is 3.99. The van der Waals surface area contributed by atoms with E-state index >= 15 is 0 Å². The van der Waals surface area contributed by atoms with Crippen LogP contribution in [0.5, 0.6) is 5.75 Å². The van der Waals surface area contributed by atoms with Gasteiger partial charge in [0, 0.05) is 36.3 Å². The number of phenols is 1. The summed E-state index contributed by atoms with van der Waals surface area (Å²) in [5.74, 6) is -2.11. The number of hydrogen-bond acceptors (Lipinski definition) is 8. The number of Topliss-reactive ketones (excluding diaryl/α,β-unsaturated/α-hetero) is 1. The van der Waals surface area contributed by atoms with Gasteiger partial charge in [-0.15, -0.1) is 0 Å². The Bertz CT molecular complexity index is 1440. The molecule has 1 aromatic rings. The number of hydrogen-bond donors (Lipinski definition) is 4. The Kier molecular flexibility index (Phi) is 7.56. The molecule has 10 heteroatoms. The zero-order chi connectivity index (χ0) is 31.0. The highest BCUT2D eigenvalue weighted by Crippen LogP contribution is 2.64. The summed E-state index contributed by atoms with van der Waals surface area (Å²) in [6.07, 6.45) is 2.84. The van der Waals surface area contributed by atoms with Crippen molar-refractivity contribution in [1.29, 1.82) is 5.41 Å². The van der Waals surface area contributed by atoms with E-state index in [4.69, 9.17) is 26.8 Å². The number of phenolic OH excluding ortho intramolecular Hbond substituents is 1. The number of amides is 1. The molecule has 0 radical (unpaired) electrons. The first-order valence-corrected chi connectivity index (χ1v) is 14.8. The average molecular weight is 599 g/mol. The molecule has 1 amide bonds. The molecule has 9 nitrogen and oxygen atoms in total. The molecule has 1 aliphatic heterocycles. The molecule has 228 valence electrons. The fraction of sp³-hybridized carbons (Fsp3) is 0.562. The van der Waals surface area contributed by atoms with E-state index in [1.807, 2.05) is 20.8 Å². The number of rotatable bonds is 6. The number of benzene rings is 1. The van der Waals surface area contributed by atoms with Crippen molar-refractivity contribution in [3.05, 3.63) is 56.4 Å². The van der Waals surface area contributed by atoms with Crippen molar-refractivity contribution in [3.8, 4) is 5.75 Å². The number of ketones is 1. The molecule has 6 unspecified atom stereocenters. The zero-order valence-corrected chi connectivity index (χ0v) is 26.1. The highest BCUT2D eigenvalue weighted by Gasteiger charge is 2.67. The minimum absolute atomic E-state index is 0.0845. The predicted molar refractivity (Wildman–Crippen MR) is 159 cm³/mol. The Labute approximate surface area is 252 Å². The first kappa shape index (κ1) is 30.6. The monoisotopic (exact) mass is 598 g/mol. The number of fused-ring (bicyclic) bond motifs is 3. The zero-order valence-electron chi connectivity index (χ0n) is 25.4. The Morgan fingerprint density at radius 2 is 1.86 bits per heavy atom. The highest BCUT2D eigenvalue weighted by molar-refractivity contribution is 6.33. The predicted octanol–water partition coefficient (Wildman–Crippen LogP) is 5.03. The van der Waals surface area contributed by atoms with Crippen LogP contribution >= 0.6 is 11.6 Å². The van der Waals surface area contributed by atoms with Gasteiger partial charge >= 0.3 is 0 Å². The molecular formula is C32H41ClN3O6-. The highest BCUT2D eigenvalue weighted by atomic mass is 35.5. The number of nitrogens with two attached hydrogens (primary N) is 1. The minimum Gasteiger partial charge on any atom is -0.514 e. The lowest BCUT2D eigenvalue weighted by molar-refractivity contribution is -0.118. The normalized spacial score (nSPS) is 33.2. The quantitative estimate of drug-likeness (QED) is 0.336. The summed E-state index contributed by atoms with van der Waals surface area (Å²) >= 11 is 7.05. The molecular weight excluding hydrogens is 558 g/mol. The number of allylic oxidation sites excluding steroid dienone is 2. The second-order valence-corrected chi connectivity index (χ2v) is 13.2. The number of aliphatic hydroxyl groups is 1. The molecule has 0 bridgehead atoms. The van der Waals surface area contributed by atoms with Crippen molar-refractivity contribution in [2.24, 2.45) is 23.0 Å². The molecule has 6 atom stereocenters. The Balaban J connectivity index is 1.72. The molecule has 0 aromatic heterocycles. The van der Waals surface area contributed by atoms with E-state index in [1.165, 1.54) is 14.2 Å². The maximum Gasteiger partial charge on any atom is 0.253 e. The number of ether oxygens (including phenoxy) is 2. The van der Waals surface area contributed by atoms with E-state index in [0.717, 1.165) is 24.3 Å². The third-order valence-electron chi connectivity index (χ3n) is 10.4. The van der Waals surface area contributed by atoms with Crippen LogP contribution in [0.1, 0.15) is 75.4 Å². The van der Waals surface area contributed by atoms with Crippen molar-refractivity contribution in [2.45, 2.75) is 84.5 Å². The number of methoxy groups -OCH3 is 2. The number of halogens is 1. The van der Waals surface area contributed by atoms with E-state index in [1.54, 1.807) is 6.07 Å². The Morgan fingerprint density at radius 1 is 1.24 bits per heavy atom. The standard InChI is InChI=1S/C32H41ClN3O6/c1-14(2)24-27(39)23(30(35)40)28(34)32(42-7)29(41-6)21-17(12-31(24,32)5)10-19-22(26(21)38)20(37)11-18(25(19)33)13-36-15(3)8-9-16(36)4/h11,15-17,24,34,37,39H,8-10,12-13H2,1-7H3,(H2,35,40)/q-1. The first-order chi connectivity index (χ1) is 19.7. The van der Waals surface area contributed by atoms with Crippen LogP contribution in [0.25, 0.3) is 0 Å². The minimum atomic E-state index is -1.71. The van der Waals surface area contributed by atoms with Gasteiger partial charge in [0.1, 0.15) is 11.5 Å². The Hall–Kier alpha value is -2.88. The number of carbonyl (C=O) groups excluding carboxylic acids is 2.